The summed E-state index contributed by atoms with van der Waals surface area (Å²) in [5.41, 5.74) is 10.9. The molecular formula is C25H31N3OS. The van der Waals surface area contributed by atoms with E-state index in [2.05, 4.69) is 62.2 Å². The van der Waals surface area contributed by atoms with Gasteiger partial charge in [0.1, 0.15) is 5.84 Å². The fraction of sp³-hybridized carbons (Fsp3) is 0.360. The Morgan fingerprint density at radius 3 is 2.50 bits per heavy atom. The molecule has 158 valence electrons. The van der Waals surface area contributed by atoms with Crippen molar-refractivity contribution < 1.29 is 4.79 Å². The lowest BCUT2D eigenvalue weighted by Gasteiger charge is -2.22. The Balaban J connectivity index is 1.95. The maximum atomic E-state index is 13.1. The van der Waals surface area contributed by atoms with Crippen LogP contribution in [0, 0.1) is 0 Å². The molecule has 2 aromatic carbocycles. The molecule has 1 aliphatic heterocycles. The van der Waals surface area contributed by atoms with Crippen molar-refractivity contribution >= 4 is 35.3 Å². The van der Waals surface area contributed by atoms with E-state index >= 15 is 0 Å². The maximum Gasteiger partial charge on any atom is 0.250 e. The fourth-order valence-corrected chi connectivity index (χ4v) is 4.42. The second-order valence-electron chi connectivity index (χ2n) is 7.48. The number of fused-ring (bicyclic) bond motifs is 1. The number of hydrogen-bond donors (Lipinski definition) is 1. The Morgan fingerprint density at radius 1 is 1.07 bits per heavy atom. The van der Waals surface area contributed by atoms with Crippen LogP contribution in [0.15, 0.2) is 57.9 Å². The first-order chi connectivity index (χ1) is 14.5. The molecule has 0 atom stereocenters. The third-order valence-electron chi connectivity index (χ3n) is 5.02. The molecule has 5 heteroatoms. The predicted octanol–water partition coefficient (Wildman–Crippen LogP) is 5.89. The Hall–Kier alpha value is -2.53. The molecule has 2 aromatic rings. The van der Waals surface area contributed by atoms with Crippen molar-refractivity contribution in [2.75, 3.05) is 18.8 Å². The standard InChI is InChI=1S/C25H31N3OS/c1-4-12-28(13-5-2)25(29)21-14-20-11-10-19(16-23(20)27-24(26)17-21)18-8-7-9-22(15-18)30-6-3/h7-11,14-16H,4-6,12-13,17H2,1-3H3,(H2,26,27). The average Bonchev–Trinajstić information content (AvgIpc) is 2.91. The molecule has 0 aliphatic carbocycles. The molecule has 0 fully saturated rings. The van der Waals surface area contributed by atoms with Crippen molar-refractivity contribution in [2.24, 2.45) is 10.7 Å². The average molecular weight is 422 g/mol. The molecule has 0 unspecified atom stereocenters. The van der Waals surface area contributed by atoms with Crippen LogP contribution in [0.1, 0.15) is 45.6 Å². The summed E-state index contributed by atoms with van der Waals surface area (Å²) in [5.74, 6) is 1.59. The number of hydrogen-bond acceptors (Lipinski definition) is 4. The molecule has 0 saturated heterocycles. The van der Waals surface area contributed by atoms with Crippen LogP contribution in [0.4, 0.5) is 5.69 Å². The van der Waals surface area contributed by atoms with Crippen LogP contribution in [-0.2, 0) is 4.79 Å². The van der Waals surface area contributed by atoms with Crippen LogP contribution in [0.25, 0.3) is 17.2 Å². The lowest BCUT2D eigenvalue weighted by Crippen LogP contribution is -2.34. The molecular weight excluding hydrogens is 390 g/mol. The van der Waals surface area contributed by atoms with Crippen LogP contribution in [0.2, 0.25) is 0 Å². The van der Waals surface area contributed by atoms with Gasteiger partial charge in [0.15, 0.2) is 0 Å². The van der Waals surface area contributed by atoms with Gasteiger partial charge in [-0.15, -0.1) is 11.8 Å². The quantitative estimate of drug-likeness (QED) is 0.541. The Morgan fingerprint density at radius 2 is 1.80 bits per heavy atom. The zero-order valence-electron chi connectivity index (χ0n) is 18.1. The van der Waals surface area contributed by atoms with Gasteiger partial charge in [-0.1, -0.05) is 45.0 Å². The van der Waals surface area contributed by atoms with E-state index in [1.54, 1.807) is 0 Å². The van der Waals surface area contributed by atoms with Crippen molar-refractivity contribution in [1.29, 1.82) is 0 Å². The molecule has 0 spiro atoms. The number of nitrogens with zero attached hydrogens (tertiary/aromatic N) is 2. The minimum absolute atomic E-state index is 0.0677. The zero-order chi connectivity index (χ0) is 21.5. The maximum absolute atomic E-state index is 13.1. The molecule has 4 nitrogen and oxygen atoms in total. The number of carbonyl (C=O) groups is 1. The van der Waals surface area contributed by atoms with Crippen LogP contribution < -0.4 is 5.73 Å². The Labute approximate surface area is 184 Å². The van der Waals surface area contributed by atoms with Gasteiger partial charge in [-0.25, -0.2) is 4.99 Å². The monoisotopic (exact) mass is 421 g/mol. The van der Waals surface area contributed by atoms with E-state index in [4.69, 9.17) is 5.73 Å². The number of aliphatic imine (C=N–C) groups is 1. The summed E-state index contributed by atoms with van der Waals surface area (Å²) < 4.78 is 0. The summed E-state index contributed by atoms with van der Waals surface area (Å²) in [7, 11) is 0. The topological polar surface area (TPSA) is 58.7 Å². The van der Waals surface area contributed by atoms with Crippen molar-refractivity contribution in [2.45, 2.75) is 44.9 Å². The SMILES string of the molecule is CCCN(CCC)C(=O)C1=Cc2ccc(-c3cccc(SCC)c3)cc2N=C(N)C1. The summed E-state index contributed by atoms with van der Waals surface area (Å²) in [5, 5.41) is 0. The van der Waals surface area contributed by atoms with Gasteiger partial charge in [0.05, 0.1) is 5.69 Å². The van der Waals surface area contributed by atoms with E-state index in [0.717, 1.165) is 54.1 Å². The largest absolute Gasteiger partial charge is 0.387 e. The highest BCUT2D eigenvalue weighted by atomic mass is 32.2. The molecule has 0 bridgehead atoms. The first-order valence-corrected chi connectivity index (χ1v) is 11.7. The number of carbonyl (C=O) groups excluding carboxylic acids is 1. The van der Waals surface area contributed by atoms with Gasteiger partial charge < -0.3 is 10.6 Å². The van der Waals surface area contributed by atoms with E-state index in [0.29, 0.717) is 17.8 Å². The van der Waals surface area contributed by atoms with E-state index in [-0.39, 0.29) is 5.91 Å². The van der Waals surface area contributed by atoms with Crippen molar-refractivity contribution in [1.82, 2.24) is 4.90 Å². The van der Waals surface area contributed by atoms with E-state index in [9.17, 15) is 4.79 Å². The predicted molar refractivity (Wildman–Crippen MR) is 129 cm³/mol. The highest BCUT2D eigenvalue weighted by Gasteiger charge is 2.21. The number of thioether (sulfide) groups is 1. The number of rotatable bonds is 8. The number of benzene rings is 2. The minimum atomic E-state index is 0.0677. The third kappa shape index (κ3) is 5.33. The van der Waals surface area contributed by atoms with Crippen molar-refractivity contribution in [3.8, 4) is 11.1 Å². The second kappa shape index (κ2) is 10.5. The number of amidine groups is 1. The molecule has 1 heterocycles. The van der Waals surface area contributed by atoms with E-state index in [1.807, 2.05) is 28.8 Å². The van der Waals surface area contributed by atoms with Gasteiger partial charge >= 0.3 is 0 Å². The first-order valence-electron chi connectivity index (χ1n) is 10.8. The summed E-state index contributed by atoms with van der Waals surface area (Å²) >= 11 is 1.83. The van der Waals surface area contributed by atoms with Crippen molar-refractivity contribution in [3.63, 3.8) is 0 Å². The van der Waals surface area contributed by atoms with Crippen LogP contribution in [-0.4, -0.2) is 35.5 Å². The first kappa shape index (κ1) is 22.2. The van der Waals surface area contributed by atoms with Crippen LogP contribution in [0.3, 0.4) is 0 Å². The van der Waals surface area contributed by atoms with E-state index in [1.165, 1.54) is 4.90 Å². The number of amides is 1. The van der Waals surface area contributed by atoms with Crippen molar-refractivity contribution in [3.05, 3.63) is 53.6 Å². The second-order valence-corrected chi connectivity index (χ2v) is 8.81. The van der Waals surface area contributed by atoms with Crippen LogP contribution >= 0.6 is 11.8 Å². The van der Waals surface area contributed by atoms with Gasteiger partial charge in [-0.2, -0.15) is 0 Å². The summed E-state index contributed by atoms with van der Waals surface area (Å²) in [4.78, 5) is 20.9. The van der Waals surface area contributed by atoms with Gasteiger partial charge in [0.25, 0.3) is 0 Å². The Kier molecular flexibility index (Phi) is 7.75. The van der Waals surface area contributed by atoms with Gasteiger partial charge in [0.2, 0.25) is 5.91 Å². The fourth-order valence-electron chi connectivity index (χ4n) is 3.70. The zero-order valence-corrected chi connectivity index (χ0v) is 19.0. The molecule has 0 radical (unpaired) electrons. The summed E-state index contributed by atoms with van der Waals surface area (Å²) in [6, 6.07) is 14.8. The highest BCUT2D eigenvalue weighted by molar-refractivity contribution is 7.99. The van der Waals surface area contributed by atoms with Gasteiger partial charge in [0, 0.05) is 35.5 Å². The third-order valence-corrected chi connectivity index (χ3v) is 5.90. The highest BCUT2D eigenvalue weighted by Crippen LogP contribution is 2.33. The smallest absolute Gasteiger partial charge is 0.250 e. The lowest BCUT2D eigenvalue weighted by atomic mass is 10.0. The Bertz CT molecular complexity index is 959. The molecule has 2 N–H and O–H groups in total. The molecule has 1 amide bonds. The summed E-state index contributed by atoms with van der Waals surface area (Å²) in [6.07, 6.45) is 4.23. The molecule has 0 saturated carbocycles. The molecule has 3 rings (SSSR count). The minimum Gasteiger partial charge on any atom is -0.387 e. The number of nitrogens with two attached hydrogens (primary N) is 1. The van der Waals surface area contributed by atoms with Crippen LogP contribution in [0.5, 0.6) is 0 Å². The van der Waals surface area contributed by atoms with Gasteiger partial charge in [-0.05, 0) is 54.0 Å². The van der Waals surface area contributed by atoms with E-state index < -0.39 is 0 Å². The molecule has 1 aliphatic rings. The molecule has 0 aromatic heterocycles. The van der Waals surface area contributed by atoms with Gasteiger partial charge in [-0.3, -0.25) is 4.79 Å². The molecule has 30 heavy (non-hydrogen) atoms. The summed E-state index contributed by atoms with van der Waals surface area (Å²) in [6.45, 7) is 7.87. The normalized spacial score (nSPS) is 13.2. The lowest BCUT2D eigenvalue weighted by molar-refractivity contribution is -0.127.